The molecule has 6 amide bonds. The van der Waals surface area contributed by atoms with Crippen LogP contribution in [-0.4, -0.2) is 103 Å². The Morgan fingerprint density at radius 3 is 1.33 bits per heavy atom. The molecule has 86 heavy (non-hydrogen) atoms. The second-order valence-electron chi connectivity index (χ2n) is 20.8. The Labute approximate surface area is 487 Å². The zero-order chi connectivity index (χ0) is 60.6. The molecule has 0 aromatic heterocycles. The van der Waals surface area contributed by atoms with Crippen LogP contribution in [0.15, 0.2) is 109 Å². The number of hydrogen-bond donors (Lipinski definition) is 6. The first-order chi connectivity index (χ1) is 41.4. The topological polar surface area (TPSA) is 338 Å². The Hall–Kier alpha value is -10.8. The van der Waals surface area contributed by atoms with Crippen molar-refractivity contribution in [1.29, 1.82) is 0 Å². The number of imide groups is 2. The lowest BCUT2D eigenvalue weighted by Gasteiger charge is -2.36. The number of esters is 2. The predicted octanol–water partition coefficient (Wildman–Crippen LogP) is 7.13. The van der Waals surface area contributed by atoms with Crippen LogP contribution in [0.4, 0.5) is 0 Å². The summed E-state index contributed by atoms with van der Waals surface area (Å²) in [6.07, 6.45) is 3.24. The molecule has 0 bridgehead atoms. The molecule has 0 saturated carbocycles. The van der Waals surface area contributed by atoms with Crippen molar-refractivity contribution >= 4 is 59.3 Å². The quantitative estimate of drug-likeness (QED) is 0.0319. The highest BCUT2D eigenvalue weighted by atomic mass is 16.7. The Morgan fingerprint density at radius 2 is 0.872 bits per heavy atom. The van der Waals surface area contributed by atoms with Crippen molar-refractivity contribution in [3.63, 3.8) is 0 Å². The van der Waals surface area contributed by atoms with E-state index in [9.17, 15) is 68.4 Å². The molecule has 6 heterocycles. The number of carbonyl (C=O) groups excluding carboxylic acids is 10. The zero-order valence-electron chi connectivity index (χ0n) is 45.5. The molecule has 2 saturated heterocycles. The van der Waals surface area contributed by atoms with Gasteiger partial charge < -0.3 is 59.7 Å². The first kappa shape index (κ1) is 57.1. The first-order valence-electron chi connectivity index (χ1n) is 27.5. The van der Waals surface area contributed by atoms with Gasteiger partial charge in [-0.3, -0.25) is 28.8 Å². The fourth-order valence-corrected chi connectivity index (χ4v) is 11.1. The van der Waals surface area contributed by atoms with Crippen molar-refractivity contribution in [2.45, 2.75) is 88.3 Å². The van der Waals surface area contributed by atoms with Crippen LogP contribution in [0.2, 0.25) is 0 Å². The van der Waals surface area contributed by atoms with Gasteiger partial charge in [0.1, 0.15) is 46.0 Å². The summed E-state index contributed by atoms with van der Waals surface area (Å²) >= 11 is 0. The summed E-state index contributed by atoms with van der Waals surface area (Å²) in [5, 5.41) is 47.0. The third-order valence-corrected chi connectivity index (χ3v) is 15.2. The lowest BCUT2D eigenvalue weighted by atomic mass is 9.77. The number of hydroxylamine groups is 4. The molecule has 24 heteroatoms. The van der Waals surface area contributed by atoms with Crippen molar-refractivity contribution in [1.82, 2.24) is 20.8 Å². The number of rotatable bonds is 16. The lowest BCUT2D eigenvalue weighted by molar-refractivity contribution is -0.197. The molecule has 0 unspecified atom stereocenters. The summed E-state index contributed by atoms with van der Waals surface area (Å²) in [5.74, 6) is -4.99. The molecule has 12 rings (SSSR count). The summed E-state index contributed by atoms with van der Waals surface area (Å²) in [4.78, 5) is 133. The molecular weight excluding hydrogens is 1120 g/mol. The molecule has 6 N–H and O–H groups in total. The normalized spacial score (nSPS) is 15.8. The highest BCUT2D eigenvalue weighted by molar-refractivity contribution is 6.09. The molecule has 6 aliphatic rings. The molecule has 6 aromatic rings. The second kappa shape index (κ2) is 23.1. The summed E-state index contributed by atoms with van der Waals surface area (Å²) < 4.78 is 24.0. The lowest BCUT2D eigenvalue weighted by Crippen LogP contribution is -2.33. The summed E-state index contributed by atoms with van der Waals surface area (Å²) in [6.45, 7) is 0.575. The van der Waals surface area contributed by atoms with Gasteiger partial charge in [-0.2, -0.15) is 0 Å². The number of phenols is 4. The highest BCUT2D eigenvalue weighted by Crippen LogP contribution is 2.59. The van der Waals surface area contributed by atoms with Gasteiger partial charge in [0.2, 0.25) is 0 Å². The van der Waals surface area contributed by atoms with Crippen molar-refractivity contribution < 1.29 is 97.0 Å². The van der Waals surface area contributed by atoms with E-state index in [2.05, 4.69) is 10.6 Å². The maximum atomic E-state index is 13.4. The van der Waals surface area contributed by atoms with Gasteiger partial charge in [-0.05, 0) is 98.5 Å². The monoisotopic (exact) mass is 1170 g/mol. The number of fused-ring (bicyclic) bond motifs is 12. The summed E-state index contributed by atoms with van der Waals surface area (Å²) in [6, 6.07) is 27.2. The second-order valence-corrected chi connectivity index (χ2v) is 20.8. The van der Waals surface area contributed by atoms with Crippen LogP contribution in [0.5, 0.6) is 46.0 Å². The molecule has 24 nitrogen and oxygen atoms in total. The maximum absolute atomic E-state index is 13.4. The van der Waals surface area contributed by atoms with Crippen LogP contribution in [0.25, 0.3) is 0 Å². The molecule has 6 aromatic carbocycles. The smallest absolute Gasteiger partial charge is 0.340 e. The van der Waals surface area contributed by atoms with Gasteiger partial charge in [-0.25, -0.2) is 19.2 Å². The van der Waals surface area contributed by atoms with E-state index in [4.69, 9.17) is 28.6 Å². The van der Waals surface area contributed by atoms with Crippen molar-refractivity contribution in [3.05, 3.63) is 165 Å². The molecule has 440 valence electrons. The van der Waals surface area contributed by atoms with Gasteiger partial charge in [0.25, 0.3) is 35.4 Å². The average molecular weight is 1170 g/mol. The number of phenolic OH excluding ortho intramolecular Hbond substituents is 4. The Kier molecular flexibility index (Phi) is 15.3. The summed E-state index contributed by atoms with van der Waals surface area (Å²) in [5.41, 5.74) is 0.432. The zero-order valence-corrected chi connectivity index (χ0v) is 45.5. The van der Waals surface area contributed by atoms with Gasteiger partial charge in [-0.1, -0.05) is 25.0 Å². The van der Waals surface area contributed by atoms with Crippen LogP contribution in [0.3, 0.4) is 0 Å². The van der Waals surface area contributed by atoms with E-state index in [0.717, 1.165) is 0 Å². The maximum Gasteiger partial charge on any atom is 0.340 e. The van der Waals surface area contributed by atoms with E-state index in [1.807, 2.05) is 0 Å². The number of aromatic hydroxyl groups is 4. The van der Waals surface area contributed by atoms with E-state index in [-0.39, 0.29) is 119 Å². The standard InChI is InChI=1S/2C31H26N2O10/c34-17-8-10-20-23(15-17)41-24-16-18(35)9-11-21(24)31(20)22-6-4-5-19(28(22)30(40)42-31)29(39)32-14-3-1-2-7-27(38)43-33-25(36)12-13-26(33)37;34-18-6-9-21-24(15-18)41-25-16-19(35)7-10-22(25)31(21)23-14-17(5-8-20(23)30(40)42-31)29(39)32-13-3-1-2-4-28(38)43-33-26(36)11-12-27(33)37/h4-6,8-11,15-16,34-35H,1-3,7,12-14H2,(H,32,39);5-10,14-16,34-35H,1-4,11-13H2,(H,32,39). The fraction of sp³-hybridized carbons (Fsp3) is 0.258. The van der Waals surface area contributed by atoms with E-state index >= 15 is 0 Å². The number of unbranched alkanes of at least 4 members (excludes halogenated alkanes) is 4. The molecule has 2 spiro atoms. The number of nitrogens with one attached hydrogen (secondary N) is 2. The molecule has 6 aliphatic heterocycles. The van der Waals surface area contributed by atoms with Crippen LogP contribution in [0.1, 0.15) is 152 Å². The minimum atomic E-state index is -1.48. The molecule has 0 atom stereocenters. The van der Waals surface area contributed by atoms with Crippen LogP contribution in [0, 0.1) is 0 Å². The van der Waals surface area contributed by atoms with Crippen LogP contribution in [-0.2, 0) is 59.1 Å². The van der Waals surface area contributed by atoms with E-state index in [1.54, 1.807) is 42.5 Å². The molecular formula is C62H52N4O20. The van der Waals surface area contributed by atoms with Crippen molar-refractivity contribution in [2.75, 3.05) is 13.1 Å². The van der Waals surface area contributed by atoms with Gasteiger partial charge in [-0.15, -0.1) is 10.1 Å². The van der Waals surface area contributed by atoms with Gasteiger partial charge >= 0.3 is 23.9 Å². The van der Waals surface area contributed by atoms with E-state index in [1.165, 1.54) is 66.7 Å². The van der Waals surface area contributed by atoms with Gasteiger partial charge in [0, 0.05) is 115 Å². The van der Waals surface area contributed by atoms with E-state index < -0.39 is 64.6 Å². The minimum Gasteiger partial charge on any atom is -0.508 e. The number of amides is 6. The first-order valence-corrected chi connectivity index (χ1v) is 27.5. The van der Waals surface area contributed by atoms with Gasteiger partial charge in [0.05, 0.1) is 16.7 Å². The number of benzene rings is 6. The number of ether oxygens (including phenoxy) is 4. The van der Waals surface area contributed by atoms with Crippen molar-refractivity contribution in [2.24, 2.45) is 0 Å². The molecule has 2 fully saturated rings. The third kappa shape index (κ3) is 10.6. The summed E-state index contributed by atoms with van der Waals surface area (Å²) in [7, 11) is 0. The number of hydrogen-bond acceptors (Lipinski definition) is 20. The third-order valence-electron chi connectivity index (χ3n) is 15.2. The SMILES string of the molecule is O=C(CCCCCNC(=O)c1ccc2c(c1)C1(OC2=O)c2ccc(O)cc2Oc2cc(O)ccc21)ON1C(=O)CCC1=O.O=C(CCCCCNC(=O)c1cccc2c1C(=O)OC21c2ccc(O)cc2Oc2cc(O)ccc21)ON1C(=O)CCC1=O. The van der Waals surface area contributed by atoms with Crippen LogP contribution >= 0.6 is 0 Å². The van der Waals surface area contributed by atoms with Gasteiger partial charge in [0.15, 0.2) is 11.2 Å². The highest BCUT2D eigenvalue weighted by Gasteiger charge is 2.56. The Morgan fingerprint density at radius 1 is 0.453 bits per heavy atom. The van der Waals surface area contributed by atoms with E-state index in [0.29, 0.717) is 88.6 Å². The number of carbonyl (C=O) groups is 10. The van der Waals surface area contributed by atoms with Crippen molar-refractivity contribution in [3.8, 4) is 46.0 Å². The van der Waals surface area contributed by atoms with Crippen LogP contribution < -0.4 is 20.1 Å². The fourth-order valence-electron chi connectivity index (χ4n) is 11.1. The minimum absolute atomic E-state index is 0.00728. The largest absolute Gasteiger partial charge is 0.508 e. The molecule has 0 aliphatic carbocycles. The predicted molar refractivity (Wildman–Crippen MR) is 292 cm³/mol. The Bertz CT molecular complexity index is 3650. The average Bonchev–Trinajstić information content (AvgIpc) is 1.49. The molecule has 0 radical (unpaired) electrons. The number of nitrogens with zero attached hydrogens (tertiary/aromatic N) is 2. The Balaban J connectivity index is 0.000000179.